The van der Waals surface area contributed by atoms with E-state index in [1.54, 1.807) is 25.3 Å². The zero-order chi connectivity index (χ0) is 16.3. The van der Waals surface area contributed by atoms with Gasteiger partial charge >= 0.3 is 0 Å². The van der Waals surface area contributed by atoms with Crippen LogP contribution in [0.1, 0.15) is 34.3 Å². The number of carbonyl (C=O) groups excluding carboxylic acids is 1. The van der Waals surface area contributed by atoms with Crippen molar-refractivity contribution in [3.05, 3.63) is 71.0 Å². The second-order valence-electron chi connectivity index (χ2n) is 6.06. The van der Waals surface area contributed by atoms with Gasteiger partial charge in [-0.2, -0.15) is 0 Å². The van der Waals surface area contributed by atoms with Crippen LogP contribution in [0, 0.1) is 5.82 Å². The van der Waals surface area contributed by atoms with E-state index in [2.05, 4.69) is 5.32 Å². The van der Waals surface area contributed by atoms with Gasteiger partial charge in [0.2, 0.25) is 0 Å². The summed E-state index contributed by atoms with van der Waals surface area (Å²) in [6.07, 6.45) is 1.94. The van der Waals surface area contributed by atoms with Crippen LogP contribution >= 0.6 is 0 Å². The van der Waals surface area contributed by atoms with Gasteiger partial charge in [-0.05, 0) is 42.2 Å². The number of rotatable bonds is 6. The number of nitrogens with one attached hydrogen (secondary N) is 1. The lowest BCUT2D eigenvalue weighted by molar-refractivity contribution is 0.0945. The molecule has 2 aromatic carbocycles. The lowest BCUT2D eigenvalue weighted by Gasteiger charge is -2.17. The molecule has 0 saturated heterocycles. The quantitative estimate of drug-likeness (QED) is 0.887. The lowest BCUT2D eigenvalue weighted by Crippen LogP contribution is -2.32. The Bertz CT molecular complexity index is 710. The Labute approximate surface area is 135 Å². The Hall–Kier alpha value is -2.20. The Morgan fingerprint density at radius 2 is 2.00 bits per heavy atom. The minimum absolute atomic E-state index is 0.111. The summed E-state index contributed by atoms with van der Waals surface area (Å²) in [6, 6.07) is 14.1. The normalized spacial score (nSPS) is 15.2. The number of halogens is 1. The number of hydrogen-bond donors (Lipinski definition) is 1. The van der Waals surface area contributed by atoms with E-state index in [0.717, 1.165) is 24.0 Å². The Morgan fingerprint density at radius 3 is 2.70 bits per heavy atom. The fourth-order valence-corrected chi connectivity index (χ4v) is 2.90. The number of carbonyl (C=O) groups is 1. The summed E-state index contributed by atoms with van der Waals surface area (Å²) in [4.78, 5) is 12.5. The van der Waals surface area contributed by atoms with Crippen molar-refractivity contribution in [1.29, 1.82) is 0 Å². The van der Waals surface area contributed by atoms with Crippen LogP contribution in [-0.2, 0) is 16.8 Å². The molecule has 1 aliphatic carbocycles. The van der Waals surface area contributed by atoms with Crippen LogP contribution in [0.5, 0.6) is 0 Å². The van der Waals surface area contributed by atoms with E-state index in [1.807, 2.05) is 24.3 Å². The number of hydrogen-bond acceptors (Lipinski definition) is 2. The highest BCUT2D eigenvalue weighted by molar-refractivity contribution is 5.95. The van der Waals surface area contributed by atoms with E-state index in [4.69, 9.17) is 4.74 Å². The maximum absolute atomic E-state index is 13.4. The van der Waals surface area contributed by atoms with Gasteiger partial charge in [0.15, 0.2) is 0 Å². The summed E-state index contributed by atoms with van der Waals surface area (Å²) in [5.41, 5.74) is 2.34. The molecule has 0 atom stereocenters. The molecule has 0 aromatic heterocycles. The van der Waals surface area contributed by atoms with Crippen LogP contribution in [-0.4, -0.2) is 19.6 Å². The van der Waals surface area contributed by atoms with Gasteiger partial charge in [-0.25, -0.2) is 4.39 Å². The van der Waals surface area contributed by atoms with Gasteiger partial charge in [-0.1, -0.05) is 30.3 Å². The molecule has 3 rings (SSSR count). The zero-order valence-corrected chi connectivity index (χ0v) is 13.1. The average molecular weight is 313 g/mol. The van der Waals surface area contributed by atoms with Crippen molar-refractivity contribution < 1.29 is 13.9 Å². The molecule has 1 saturated carbocycles. The van der Waals surface area contributed by atoms with Crippen LogP contribution in [0.15, 0.2) is 48.5 Å². The summed E-state index contributed by atoms with van der Waals surface area (Å²) >= 11 is 0. The van der Waals surface area contributed by atoms with Crippen LogP contribution in [0.3, 0.4) is 0 Å². The topological polar surface area (TPSA) is 38.3 Å². The second kappa shape index (κ2) is 6.50. The third-order valence-electron chi connectivity index (χ3n) is 4.44. The van der Waals surface area contributed by atoms with E-state index >= 15 is 0 Å². The van der Waals surface area contributed by atoms with E-state index in [1.165, 1.54) is 6.07 Å². The molecule has 0 spiro atoms. The molecule has 120 valence electrons. The summed E-state index contributed by atoms with van der Waals surface area (Å²) in [7, 11) is 1.61. The van der Waals surface area contributed by atoms with Gasteiger partial charge in [0, 0.05) is 24.6 Å². The molecule has 1 fully saturated rings. The smallest absolute Gasteiger partial charge is 0.251 e. The lowest BCUT2D eigenvalue weighted by atomic mass is 9.95. The van der Waals surface area contributed by atoms with Crippen molar-refractivity contribution in [2.45, 2.75) is 24.9 Å². The number of amides is 1. The molecule has 1 amide bonds. The molecular weight excluding hydrogens is 293 g/mol. The standard InChI is InChI=1S/C19H20FNO2/c1-23-12-14-5-2-3-8-17(14)18(22)21-13-19(9-10-19)15-6-4-7-16(20)11-15/h2-8,11H,9-10,12-13H2,1H3,(H,21,22). The van der Waals surface area contributed by atoms with Crippen molar-refractivity contribution in [1.82, 2.24) is 5.32 Å². The molecule has 0 heterocycles. The molecule has 3 nitrogen and oxygen atoms in total. The average Bonchev–Trinajstić information content (AvgIpc) is 3.35. The Balaban J connectivity index is 1.70. The van der Waals surface area contributed by atoms with Crippen LogP contribution < -0.4 is 5.32 Å². The van der Waals surface area contributed by atoms with Gasteiger partial charge in [0.1, 0.15) is 5.82 Å². The third-order valence-corrected chi connectivity index (χ3v) is 4.44. The molecule has 1 N–H and O–H groups in total. The molecule has 0 radical (unpaired) electrons. The SMILES string of the molecule is COCc1ccccc1C(=O)NCC1(c2cccc(F)c2)CC1. The van der Waals surface area contributed by atoms with Crippen LogP contribution in [0.4, 0.5) is 4.39 Å². The highest BCUT2D eigenvalue weighted by Gasteiger charge is 2.44. The zero-order valence-electron chi connectivity index (χ0n) is 13.1. The molecule has 23 heavy (non-hydrogen) atoms. The molecule has 2 aromatic rings. The monoisotopic (exact) mass is 313 g/mol. The van der Waals surface area contributed by atoms with Crippen molar-refractivity contribution >= 4 is 5.91 Å². The predicted molar refractivity (Wildman–Crippen MR) is 86.8 cm³/mol. The van der Waals surface area contributed by atoms with E-state index < -0.39 is 0 Å². The van der Waals surface area contributed by atoms with Gasteiger partial charge < -0.3 is 10.1 Å². The Kier molecular flexibility index (Phi) is 4.44. The van der Waals surface area contributed by atoms with Crippen molar-refractivity contribution in [3.63, 3.8) is 0 Å². The summed E-state index contributed by atoms with van der Waals surface area (Å²) in [5.74, 6) is -0.342. The number of ether oxygens (including phenoxy) is 1. The van der Waals surface area contributed by atoms with E-state index in [-0.39, 0.29) is 17.1 Å². The highest BCUT2D eigenvalue weighted by atomic mass is 19.1. The van der Waals surface area contributed by atoms with E-state index in [9.17, 15) is 9.18 Å². The summed E-state index contributed by atoms with van der Waals surface area (Å²) in [5, 5.41) is 3.00. The maximum atomic E-state index is 13.4. The Morgan fingerprint density at radius 1 is 1.22 bits per heavy atom. The highest BCUT2D eigenvalue weighted by Crippen LogP contribution is 2.47. The van der Waals surface area contributed by atoms with Gasteiger partial charge in [-0.15, -0.1) is 0 Å². The first-order valence-corrected chi connectivity index (χ1v) is 7.76. The first-order valence-electron chi connectivity index (χ1n) is 7.76. The third kappa shape index (κ3) is 3.42. The number of methoxy groups -OCH3 is 1. The van der Waals surface area contributed by atoms with E-state index in [0.29, 0.717) is 18.7 Å². The van der Waals surface area contributed by atoms with Gasteiger partial charge in [-0.3, -0.25) is 4.79 Å². The van der Waals surface area contributed by atoms with Crippen LogP contribution in [0.2, 0.25) is 0 Å². The maximum Gasteiger partial charge on any atom is 0.251 e. The van der Waals surface area contributed by atoms with Crippen molar-refractivity contribution in [3.8, 4) is 0 Å². The minimum Gasteiger partial charge on any atom is -0.380 e. The first-order chi connectivity index (χ1) is 11.1. The first kappa shape index (κ1) is 15.7. The molecule has 1 aliphatic rings. The molecule has 0 unspecified atom stereocenters. The second-order valence-corrected chi connectivity index (χ2v) is 6.06. The molecule has 4 heteroatoms. The van der Waals surface area contributed by atoms with Crippen molar-refractivity contribution in [2.24, 2.45) is 0 Å². The molecular formula is C19H20FNO2. The van der Waals surface area contributed by atoms with Crippen LogP contribution in [0.25, 0.3) is 0 Å². The molecule has 0 aliphatic heterocycles. The van der Waals surface area contributed by atoms with Gasteiger partial charge in [0.05, 0.1) is 6.61 Å². The summed E-state index contributed by atoms with van der Waals surface area (Å²) in [6.45, 7) is 0.926. The predicted octanol–water partition coefficient (Wildman–Crippen LogP) is 3.43. The number of benzene rings is 2. The fourth-order valence-electron chi connectivity index (χ4n) is 2.90. The summed E-state index contributed by atoms with van der Waals surface area (Å²) < 4.78 is 18.6. The largest absolute Gasteiger partial charge is 0.380 e. The van der Waals surface area contributed by atoms with Gasteiger partial charge in [0.25, 0.3) is 5.91 Å². The molecule has 0 bridgehead atoms. The van der Waals surface area contributed by atoms with Crippen molar-refractivity contribution in [2.75, 3.05) is 13.7 Å². The fraction of sp³-hybridized carbons (Fsp3) is 0.316. The minimum atomic E-state index is -0.231.